The zero-order chi connectivity index (χ0) is 12.5. The SMILES string of the molecule is CC(C(=O)N1CCNCC1)N1CCC(C)(C)C1. The zero-order valence-corrected chi connectivity index (χ0v) is 11.3. The number of nitrogens with zero attached hydrogens (tertiary/aromatic N) is 2. The number of hydrogen-bond donors (Lipinski definition) is 1. The fourth-order valence-electron chi connectivity index (χ4n) is 2.79. The number of rotatable bonds is 2. The highest BCUT2D eigenvalue weighted by molar-refractivity contribution is 5.81. The molecule has 1 unspecified atom stereocenters. The summed E-state index contributed by atoms with van der Waals surface area (Å²) in [6, 6.07) is 0.0508. The molecule has 0 aliphatic carbocycles. The van der Waals surface area contributed by atoms with Gasteiger partial charge in [-0.2, -0.15) is 0 Å². The molecule has 0 radical (unpaired) electrons. The van der Waals surface area contributed by atoms with Crippen molar-refractivity contribution in [3.63, 3.8) is 0 Å². The lowest BCUT2D eigenvalue weighted by Gasteiger charge is -2.33. The van der Waals surface area contributed by atoms with E-state index in [0.29, 0.717) is 11.3 Å². The van der Waals surface area contributed by atoms with E-state index in [9.17, 15) is 4.79 Å². The molecule has 0 bridgehead atoms. The van der Waals surface area contributed by atoms with Gasteiger partial charge in [-0.3, -0.25) is 9.69 Å². The lowest BCUT2D eigenvalue weighted by molar-refractivity contribution is -0.136. The number of carbonyl (C=O) groups is 1. The molecular formula is C13H25N3O. The van der Waals surface area contributed by atoms with E-state index < -0.39 is 0 Å². The summed E-state index contributed by atoms with van der Waals surface area (Å²) >= 11 is 0. The van der Waals surface area contributed by atoms with E-state index in [1.54, 1.807) is 0 Å². The first-order valence-corrected chi connectivity index (χ1v) is 6.73. The molecule has 1 atom stereocenters. The van der Waals surface area contributed by atoms with Crippen LogP contribution in [0, 0.1) is 5.41 Å². The summed E-state index contributed by atoms with van der Waals surface area (Å²) in [6.45, 7) is 12.3. The van der Waals surface area contributed by atoms with Gasteiger partial charge in [-0.15, -0.1) is 0 Å². The van der Waals surface area contributed by atoms with E-state index in [1.165, 1.54) is 6.42 Å². The van der Waals surface area contributed by atoms with Gasteiger partial charge in [0.25, 0.3) is 0 Å². The number of hydrogen-bond acceptors (Lipinski definition) is 3. The second-order valence-electron chi connectivity index (χ2n) is 6.14. The van der Waals surface area contributed by atoms with Crippen molar-refractivity contribution in [2.45, 2.75) is 33.2 Å². The molecular weight excluding hydrogens is 214 g/mol. The number of likely N-dealkylation sites (tertiary alicyclic amines) is 1. The van der Waals surface area contributed by atoms with E-state index in [-0.39, 0.29) is 6.04 Å². The Morgan fingerprint density at radius 2 is 1.88 bits per heavy atom. The van der Waals surface area contributed by atoms with Crippen molar-refractivity contribution in [3.05, 3.63) is 0 Å². The Bertz CT molecular complexity index is 284. The van der Waals surface area contributed by atoms with Gasteiger partial charge in [0.15, 0.2) is 0 Å². The maximum Gasteiger partial charge on any atom is 0.239 e. The molecule has 0 saturated carbocycles. The minimum absolute atomic E-state index is 0.0508. The van der Waals surface area contributed by atoms with Gasteiger partial charge in [-0.1, -0.05) is 13.8 Å². The molecule has 1 N–H and O–H groups in total. The summed E-state index contributed by atoms with van der Waals surface area (Å²) in [4.78, 5) is 16.7. The zero-order valence-electron chi connectivity index (χ0n) is 11.3. The molecule has 2 aliphatic heterocycles. The quantitative estimate of drug-likeness (QED) is 0.764. The highest BCUT2D eigenvalue weighted by Gasteiger charge is 2.35. The van der Waals surface area contributed by atoms with Crippen LogP contribution in [0.15, 0.2) is 0 Å². The van der Waals surface area contributed by atoms with Crippen molar-refractivity contribution in [2.75, 3.05) is 39.3 Å². The van der Waals surface area contributed by atoms with Gasteiger partial charge in [0.1, 0.15) is 0 Å². The van der Waals surface area contributed by atoms with Crippen molar-refractivity contribution in [3.8, 4) is 0 Å². The largest absolute Gasteiger partial charge is 0.339 e. The molecule has 2 rings (SSSR count). The summed E-state index contributed by atoms with van der Waals surface area (Å²) < 4.78 is 0. The van der Waals surface area contributed by atoms with Gasteiger partial charge >= 0.3 is 0 Å². The minimum Gasteiger partial charge on any atom is -0.339 e. The molecule has 0 aromatic heterocycles. The second kappa shape index (κ2) is 4.94. The molecule has 4 nitrogen and oxygen atoms in total. The van der Waals surface area contributed by atoms with Crippen LogP contribution in [-0.2, 0) is 4.79 Å². The third-order valence-corrected chi connectivity index (χ3v) is 4.04. The maximum absolute atomic E-state index is 12.4. The third-order valence-electron chi connectivity index (χ3n) is 4.04. The lowest BCUT2D eigenvalue weighted by Crippen LogP contribution is -2.52. The summed E-state index contributed by atoms with van der Waals surface area (Å²) in [5.41, 5.74) is 0.373. The smallest absolute Gasteiger partial charge is 0.239 e. The number of carbonyl (C=O) groups excluding carboxylic acids is 1. The number of piperazine rings is 1. The van der Waals surface area contributed by atoms with Crippen LogP contribution < -0.4 is 5.32 Å². The first-order valence-electron chi connectivity index (χ1n) is 6.73. The number of nitrogens with one attached hydrogen (secondary N) is 1. The lowest BCUT2D eigenvalue weighted by atomic mass is 9.93. The van der Waals surface area contributed by atoms with E-state index in [1.807, 2.05) is 4.90 Å². The Hall–Kier alpha value is -0.610. The third kappa shape index (κ3) is 2.99. The van der Waals surface area contributed by atoms with E-state index >= 15 is 0 Å². The molecule has 2 aliphatic rings. The topological polar surface area (TPSA) is 35.6 Å². The van der Waals surface area contributed by atoms with Crippen LogP contribution in [-0.4, -0.2) is 61.0 Å². The van der Waals surface area contributed by atoms with E-state index in [4.69, 9.17) is 0 Å². The Morgan fingerprint density at radius 1 is 1.24 bits per heavy atom. The molecule has 17 heavy (non-hydrogen) atoms. The van der Waals surface area contributed by atoms with Gasteiger partial charge in [0.05, 0.1) is 6.04 Å². The second-order valence-corrected chi connectivity index (χ2v) is 6.14. The Balaban J connectivity index is 1.90. The van der Waals surface area contributed by atoms with Crippen LogP contribution >= 0.6 is 0 Å². The van der Waals surface area contributed by atoms with E-state index in [0.717, 1.165) is 39.3 Å². The first-order chi connectivity index (χ1) is 7.99. The summed E-state index contributed by atoms with van der Waals surface area (Å²) in [5, 5.41) is 3.28. The summed E-state index contributed by atoms with van der Waals surface area (Å²) in [5.74, 6) is 0.309. The molecule has 2 saturated heterocycles. The predicted molar refractivity (Wildman–Crippen MR) is 68.9 cm³/mol. The molecule has 98 valence electrons. The summed E-state index contributed by atoms with van der Waals surface area (Å²) in [6.07, 6.45) is 1.20. The highest BCUT2D eigenvalue weighted by atomic mass is 16.2. The molecule has 0 spiro atoms. The summed E-state index contributed by atoms with van der Waals surface area (Å²) in [7, 11) is 0. The Labute approximate surface area is 104 Å². The Morgan fingerprint density at radius 3 is 2.41 bits per heavy atom. The van der Waals surface area contributed by atoms with Gasteiger partial charge in [-0.25, -0.2) is 0 Å². The van der Waals surface area contributed by atoms with Crippen LogP contribution in [0.1, 0.15) is 27.2 Å². The number of amides is 1. The normalized spacial score (nSPS) is 27.1. The van der Waals surface area contributed by atoms with Crippen LogP contribution in [0.4, 0.5) is 0 Å². The molecule has 2 heterocycles. The van der Waals surface area contributed by atoms with E-state index in [2.05, 4.69) is 31.0 Å². The molecule has 0 aromatic carbocycles. The van der Waals surface area contributed by atoms with Crippen molar-refractivity contribution in [1.82, 2.24) is 15.1 Å². The first kappa shape index (κ1) is 12.8. The monoisotopic (exact) mass is 239 g/mol. The van der Waals surface area contributed by atoms with Gasteiger partial charge in [0.2, 0.25) is 5.91 Å². The molecule has 2 fully saturated rings. The fourth-order valence-corrected chi connectivity index (χ4v) is 2.79. The van der Waals surface area contributed by atoms with Gasteiger partial charge < -0.3 is 10.2 Å². The predicted octanol–water partition coefficient (Wildman–Crippen LogP) is 0.539. The van der Waals surface area contributed by atoms with Crippen LogP contribution in [0.2, 0.25) is 0 Å². The molecule has 1 amide bonds. The highest BCUT2D eigenvalue weighted by Crippen LogP contribution is 2.30. The molecule has 4 heteroatoms. The van der Waals surface area contributed by atoms with Crippen LogP contribution in [0.3, 0.4) is 0 Å². The average molecular weight is 239 g/mol. The van der Waals surface area contributed by atoms with Crippen molar-refractivity contribution >= 4 is 5.91 Å². The van der Waals surface area contributed by atoms with Crippen molar-refractivity contribution in [2.24, 2.45) is 5.41 Å². The van der Waals surface area contributed by atoms with Gasteiger partial charge in [-0.05, 0) is 25.3 Å². The van der Waals surface area contributed by atoms with Crippen LogP contribution in [0.25, 0.3) is 0 Å². The average Bonchev–Trinajstić information content (AvgIpc) is 2.69. The Kier molecular flexibility index (Phi) is 3.73. The van der Waals surface area contributed by atoms with Crippen molar-refractivity contribution < 1.29 is 4.79 Å². The standard InChI is InChI=1S/C13H25N3O/c1-11(16-7-4-13(2,3)10-16)12(17)15-8-5-14-6-9-15/h11,14H,4-10H2,1-3H3. The minimum atomic E-state index is 0.0508. The maximum atomic E-state index is 12.4. The molecule has 0 aromatic rings. The van der Waals surface area contributed by atoms with Crippen molar-refractivity contribution in [1.29, 1.82) is 0 Å². The fraction of sp³-hybridized carbons (Fsp3) is 0.923. The van der Waals surface area contributed by atoms with Crippen LogP contribution in [0.5, 0.6) is 0 Å². The van der Waals surface area contributed by atoms with Gasteiger partial charge in [0, 0.05) is 32.7 Å².